The Bertz CT molecular complexity index is 394. The molecule has 2 aliphatic heterocycles. The van der Waals surface area contributed by atoms with Gasteiger partial charge in [-0.05, 0) is 47.6 Å². The molecule has 0 aliphatic carbocycles. The van der Waals surface area contributed by atoms with Crippen LogP contribution < -0.4 is 5.32 Å². The van der Waals surface area contributed by atoms with Crippen LogP contribution in [0.3, 0.4) is 0 Å². The van der Waals surface area contributed by atoms with Crippen molar-refractivity contribution in [3.05, 3.63) is 0 Å². The summed E-state index contributed by atoms with van der Waals surface area (Å²) in [6.45, 7) is 8.54. The Kier molecular flexibility index (Phi) is 3.60. The first-order valence-corrected chi connectivity index (χ1v) is 7.09. The van der Waals surface area contributed by atoms with Crippen LogP contribution in [0, 0.1) is 0 Å². The lowest BCUT2D eigenvalue weighted by Gasteiger charge is -2.48. The largest absolute Gasteiger partial charge is 0.340 e. The molecular weight excluding hydrogens is 242 g/mol. The Balaban J connectivity index is 2.21. The van der Waals surface area contributed by atoms with E-state index in [2.05, 4.69) is 24.2 Å². The lowest BCUT2D eigenvalue weighted by Crippen LogP contribution is -2.70. The van der Waals surface area contributed by atoms with Gasteiger partial charge >= 0.3 is 0 Å². The molecule has 3 atom stereocenters. The van der Waals surface area contributed by atoms with Crippen LogP contribution in [0.4, 0.5) is 0 Å². The second-order valence-electron chi connectivity index (χ2n) is 6.51. The van der Waals surface area contributed by atoms with E-state index in [4.69, 9.17) is 0 Å². The molecule has 3 unspecified atom stereocenters. The number of piperazine rings is 1. The number of carbonyl (C=O) groups is 2. The van der Waals surface area contributed by atoms with Crippen molar-refractivity contribution < 1.29 is 9.59 Å². The summed E-state index contributed by atoms with van der Waals surface area (Å²) in [5, 5.41) is 2.80. The van der Waals surface area contributed by atoms with E-state index < -0.39 is 5.54 Å². The fourth-order valence-corrected chi connectivity index (χ4v) is 3.09. The Labute approximate surface area is 115 Å². The van der Waals surface area contributed by atoms with Gasteiger partial charge in [0.2, 0.25) is 11.8 Å². The third-order valence-corrected chi connectivity index (χ3v) is 4.58. The lowest BCUT2D eigenvalue weighted by atomic mass is 9.90. The van der Waals surface area contributed by atoms with E-state index in [1.54, 1.807) is 13.8 Å². The van der Waals surface area contributed by atoms with Gasteiger partial charge in [0.1, 0.15) is 11.6 Å². The van der Waals surface area contributed by atoms with E-state index >= 15 is 0 Å². The molecule has 0 aromatic carbocycles. The summed E-state index contributed by atoms with van der Waals surface area (Å²) >= 11 is 0. The molecule has 2 heterocycles. The van der Waals surface area contributed by atoms with Gasteiger partial charge < -0.3 is 15.1 Å². The number of amides is 2. The molecule has 0 spiro atoms. The Morgan fingerprint density at radius 2 is 1.89 bits per heavy atom. The molecule has 1 N–H and O–H groups in total. The Hall–Kier alpha value is -1.10. The van der Waals surface area contributed by atoms with Crippen LogP contribution in [0.25, 0.3) is 0 Å². The van der Waals surface area contributed by atoms with E-state index in [1.165, 1.54) is 0 Å². The minimum absolute atomic E-state index is 0.0429. The highest BCUT2D eigenvalue weighted by Crippen LogP contribution is 2.27. The monoisotopic (exact) mass is 267 g/mol. The second kappa shape index (κ2) is 4.78. The molecule has 0 aromatic rings. The van der Waals surface area contributed by atoms with Crippen molar-refractivity contribution in [3.8, 4) is 0 Å². The third kappa shape index (κ3) is 2.48. The van der Waals surface area contributed by atoms with Crippen LogP contribution in [0.2, 0.25) is 0 Å². The molecule has 2 aliphatic rings. The summed E-state index contributed by atoms with van der Waals surface area (Å²) in [5.41, 5.74) is -0.782. The molecule has 2 fully saturated rings. The summed E-state index contributed by atoms with van der Waals surface area (Å²) in [6, 6.07) is 0.270. The number of hydrogen-bond acceptors (Lipinski definition) is 3. The zero-order chi connectivity index (χ0) is 14.4. The van der Waals surface area contributed by atoms with E-state index in [1.807, 2.05) is 11.8 Å². The van der Waals surface area contributed by atoms with Crippen molar-refractivity contribution in [2.24, 2.45) is 0 Å². The number of hydrogen-bond donors (Lipinski definition) is 1. The number of nitrogens with zero attached hydrogens (tertiary/aromatic N) is 2. The molecule has 2 amide bonds. The summed E-state index contributed by atoms with van der Waals surface area (Å²) < 4.78 is 0. The molecule has 0 bridgehead atoms. The van der Waals surface area contributed by atoms with E-state index in [0.29, 0.717) is 6.04 Å². The molecule has 108 valence electrons. The van der Waals surface area contributed by atoms with Gasteiger partial charge in [-0.2, -0.15) is 0 Å². The van der Waals surface area contributed by atoms with Crippen molar-refractivity contribution in [2.75, 3.05) is 13.6 Å². The molecule has 0 saturated carbocycles. The zero-order valence-corrected chi connectivity index (χ0v) is 12.6. The van der Waals surface area contributed by atoms with Crippen molar-refractivity contribution in [3.63, 3.8) is 0 Å². The number of piperidine rings is 1. The zero-order valence-electron chi connectivity index (χ0n) is 12.6. The maximum Gasteiger partial charge on any atom is 0.248 e. The maximum atomic E-state index is 12.6. The molecule has 0 aromatic heterocycles. The van der Waals surface area contributed by atoms with Gasteiger partial charge in [0, 0.05) is 18.6 Å². The predicted molar refractivity (Wildman–Crippen MR) is 73.6 cm³/mol. The summed E-state index contributed by atoms with van der Waals surface area (Å²) in [4.78, 5) is 28.8. The Morgan fingerprint density at radius 3 is 2.47 bits per heavy atom. The van der Waals surface area contributed by atoms with Crippen LogP contribution in [0.15, 0.2) is 0 Å². The molecule has 19 heavy (non-hydrogen) atoms. The number of carbonyl (C=O) groups excluding carboxylic acids is 2. The van der Waals surface area contributed by atoms with E-state index in [9.17, 15) is 9.59 Å². The number of rotatable bonds is 1. The molecule has 0 radical (unpaired) electrons. The van der Waals surface area contributed by atoms with Gasteiger partial charge in [-0.1, -0.05) is 0 Å². The highest BCUT2D eigenvalue weighted by molar-refractivity contribution is 5.99. The maximum absolute atomic E-state index is 12.6. The van der Waals surface area contributed by atoms with Crippen LogP contribution >= 0.6 is 0 Å². The van der Waals surface area contributed by atoms with Gasteiger partial charge in [0.15, 0.2) is 0 Å². The minimum atomic E-state index is -0.782. The fourth-order valence-electron chi connectivity index (χ4n) is 3.09. The van der Waals surface area contributed by atoms with Gasteiger partial charge in [-0.3, -0.25) is 9.59 Å². The summed E-state index contributed by atoms with van der Waals surface area (Å²) in [7, 11) is 2.11. The molecule has 2 saturated heterocycles. The standard InChI is InChI=1S/C14H25N3O2/c1-9-8-11(6-7-16(9)5)17-10(2)12(18)15-14(3,4)13(17)19/h9-11H,6-8H2,1-5H3,(H,15,18). The van der Waals surface area contributed by atoms with Gasteiger partial charge in [0.05, 0.1) is 0 Å². The summed E-state index contributed by atoms with van der Waals surface area (Å²) in [6.07, 6.45) is 1.89. The third-order valence-electron chi connectivity index (χ3n) is 4.58. The van der Waals surface area contributed by atoms with Crippen LogP contribution in [-0.2, 0) is 9.59 Å². The minimum Gasteiger partial charge on any atom is -0.340 e. The van der Waals surface area contributed by atoms with Crippen LogP contribution in [-0.4, -0.2) is 58.9 Å². The smallest absolute Gasteiger partial charge is 0.248 e. The first-order valence-electron chi connectivity index (χ1n) is 7.09. The second-order valence-corrected chi connectivity index (χ2v) is 6.51. The average molecular weight is 267 g/mol. The predicted octanol–water partition coefficient (Wildman–Crippen LogP) is 0.595. The highest BCUT2D eigenvalue weighted by atomic mass is 16.2. The van der Waals surface area contributed by atoms with Gasteiger partial charge in [-0.15, -0.1) is 0 Å². The van der Waals surface area contributed by atoms with Gasteiger partial charge in [-0.25, -0.2) is 0 Å². The van der Waals surface area contributed by atoms with Crippen LogP contribution in [0.1, 0.15) is 40.5 Å². The molecular formula is C14H25N3O2. The van der Waals surface area contributed by atoms with E-state index in [0.717, 1.165) is 19.4 Å². The first kappa shape index (κ1) is 14.3. The number of nitrogens with one attached hydrogen (secondary N) is 1. The topological polar surface area (TPSA) is 52.7 Å². The summed E-state index contributed by atoms with van der Waals surface area (Å²) in [5.74, 6) is -0.00228. The SMILES string of the molecule is CC1CC(N2C(=O)C(C)(C)NC(=O)C2C)CCN1C. The first-order chi connectivity index (χ1) is 8.74. The van der Waals surface area contributed by atoms with Crippen molar-refractivity contribution >= 4 is 11.8 Å². The van der Waals surface area contributed by atoms with Gasteiger partial charge in [0.25, 0.3) is 0 Å². The fraction of sp³-hybridized carbons (Fsp3) is 0.857. The van der Waals surface area contributed by atoms with Crippen molar-refractivity contribution in [1.29, 1.82) is 0 Å². The van der Waals surface area contributed by atoms with E-state index in [-0.39, 0.29) is 23.9 Å². The highest BCUT2D eigenvalue weighted by Gasteiger charge is 2.46. The number of likely N-dealkylation sites (tertiary alicyclic amines) is 1. The van der Waals surface area contributed by atoms with Crippen molar-refractivity contribution in [2.45, 2.75) is 64.2 Å². The molecule has 5 heteroatoms. The molecule has 5 nitrogen and oxygen atoms in total. The quantitative estimate of drug-likeness (QED) is 0.757. The molecule has 2 rings (SSSR count). The lowest BCUT2D eigenvalue weighted by molar-refractivity contribution is -0.157. The average Bonchev–Trinajstić information content (AvgIpc) is 2.31. The Morgan fingerprint density at radius 1 is 1.26 bits per heavy atom. The van der Waals surface area contributed by atoms with Crippen molar-refractivity contribution in [1.82, 2.24) is 15.1 Å². The normalized spacial score (nSPS) is 36.3. The van der Waals surface area contributed by atoms with Crippen LogP contribution in [0.5, 0.6) is 0 Å².